The van der Waals surface area contributed by atoms with E-state index in [0.717, 1.165) is 12.1 Å². The van der Waals surface area contributed by atoms with Gasteiger partial charge in [0.05, 0.1) is 18.1 Å². The van der Waals surface area contributed by atoms with Crippen LogP contribution in [0.25, 0.3) is 0 Å². The molecule has 4 rings (SSSR count). The van der Waals surface area contributed by atoms with Gasteiger partial charge in [0, 0.05) is 42.7 Å². The first-order chi connectivity index (χ1) is 13.0. The predicted molar refractivity (Wildman–Crippen MR) is 99.1 cm³/mol. The zero-order valence-corrected chi connectivity index (χ0v) is 15.4. The van der Waals surface area contributed by atoms with Crippen LogP contribution in [0, 0.1) is 5.92 Å². The Labute approximate surface area is 159 Å². The van der Waals surface area contributed by atoms with Crippen molar-refractivity contribution in [1.82, 2.24) is 19.8 Å². The SMILES string of the molecule is O=C(O)CN1C[C@H]2C[C@@H](C1)[C@H](CNC(=O)c1cscn1)n1c2cccc1=O. The van der Waals surface area contributed by atoms with Crippen LogP contribution in [0.4, 0.5) is 0 Å². The van der Waals surface area contributed by atoms with E-state index in [1.807, 2.05) is 11.0 Å². The molecule has 8 nitrogen and oxygen atoms in total. The quantitative estimate of drug-likeness (QED) is 0.784. The molecule has 1 saturated heterocycles. The molecular formula is C18H20N4O4S. The molecule has 0 spiro atoms. The second-order valence-corrected chi connectivity index (χ2v) is 7.81. The van der Waals surface area contributed by atoms with Gasteiger partial charge in [-0.3, -0.25) is 19.3 Å². The van der Waals surface area contributed by atoms with Gasteiger partial charge in [-0.25, -0.2) is 4.98 Å². The first kappa shape index (κ1) is 17.9. The Hall–Kier alpha value is -2.52. The lowest BCUT2D eigenvalue weighted by atomic mass is 9.78. The van der Waals surface area contributed by atoms with Crippen molar-refractivity contribution in [3.63, 3.8) is 0 Å². The number of fused-ring (bicyclic) bond motifs is 4. The molecule has 0 unspecified atom stereocenters. The van der Waals surface area contributed by atoms with E-state index < -0.39 is 5.97 Å². The van der Waals surface area contributed by atoms with E-state index in [9.17, 15) is 14.4 Å². The molecule has 2 aliphatic heterocycles. The first-order valence-electron chi connectivity index (χ1n) is 8.85. The van der Waals surface area contributed by atoms with Crippen molar-refractivity contribution < 1.29 is 14.7 Å². The molecule has 2 N–H and O–H groups in total. The van der Waals surface area contributed by atoms with Crippen molar-refractivity contribution >= 4 is 23.2 Å². The minimum absolute atomic E-state index is 0.0119. The Balaban J connectivity index is 1.61. The number of aromatic nitrogens is 2. The van der Waals surface area contributed by atoms with Crippen molar-refractivity contribution in [3.8, 4) is 0 Å². The van der Waals surface area contributed by atoms with Crippen LogP contribution in [-0.4, -0.2) is 57.6 Å². The third-order valence-electron chi connectivity index (χ3n) is 5.37. The van der Waals surface area contributed by atoms with E-state index in [-0.39, 0.29) is 35.9 Å². The molecule has 9 heteroatoms. The zero-order valence-electron chi connectivity index (χ0n) is 14.6. The molecule has 4 heterocycles. The maximum Gasteiger partial charge on any atom is 0.317 e. The van der Waals surface area contributed by atoms with Crippen LogP contribution < -0.4 is 10.9 Å². The van der Waals surface area contributed by atoms with Gasteiger partial charge in [-0.2, -0.15) is 0 Å². The molecule has 2 aliphatic rings. The fourth-order valence-corrected chi connectivity index (χ4v) is 4.86. The summed E-state index contributed by atoms with van der Waals surface area (Å²) in [5.41, 5.74) is 2.80. The summed E-state index contributed by atoms with van der Waals surface area (Å²) in [4.78, 5) is 42.0. The summed E-state index contributed by atoms with van der Waals surface area (Å²) < 4.78 is 1.79. The Bertz CT molecular complexity index is 910. The van der Waals surface area contributed by atoms with E-state index in [4.69, 9.17) is 5.11 Å². The number of aliphatic carboxylic acids is 1. The monoisotopic (exact) mass is 388 g/mol. The lowest BCUT2D eigenvalue weighted by Gasteiger charge is -2.46. The minimum atomic E-state index is -0.853. The largest absolute Gasteiger partial charge is 0.480 e. The third kappa shape index (κ3) is 3.52. The molecule has 1 amide bonds. The van der Waals surface area contributed by atoms with E-state index in [2.05, 4.69) is 10.3 Å². The number of hydrogen-bond acceptors (Lipinski definition) is 6. The van der Waals surface area contributed by atoms with E-state index in [0.29, 0.717) is 25.3 Å². The number of carbonyl (C=O) groups is 2. The van der Waals surface area contributed by atoms with Crippen LogP contribution in [0.15, 0.2) is 33.9 Å². The van der Waals surface area contributed by atoms with Crippen molar-refractivity contribution in [2.24, 2.45) is 5.92 Å². The Kier molecular flexibility index (Phi) is 4.79. The first-order valence-corrected chi connectivity index (χ1v) is 9.79. The van der Waals surface area contributed by atoms with Crippen molar-refractivity contribution in [2.75, 3.05) is 26.2 Å². The number of likely N-dealkylation sites (tertiary alicyclic amines) is 1. The third-order valence-corrected chi connectivity index (χ3v) is 5.96. The van der Waals surface area contributed by atoms with E-state index in [1.54, 1.807) is 21.5 Å². The van der Waals surface area contributed by atoms with Crippen LogP contribution >= 0.6 is 11.3 Å². The summed E-state index contributed by atoms with van der Waals surface area (Å²) in [6.07, 6.45) is 0.886. The van der Waals surface area contributed by atoms with E-state index in [1.165, 1.54) is 17.4 Å². The fraction of sp³-hybridized carbons (Fsp3) is 0.444. The molecule has 142 valence electrons. The average Bonchev–Trinajstić information content (AvgIpc) is 3.16. The Morgan fingerprint density at radius 2 is 2.19 bits per heavy atom. The predicted octanol–water partition coefficient (Wildman–Crippen LogP) is 0.780. The number of carbonyl (C=O) groups excluding carboxylic acids is 1. The number of rotatable bonds is 5. The maximum absolute atomic E-state index is 12.6. The number of amides is 1. The van der Waals surface area contributed by atoms with Gasteiger partial charge in [-0.05, 0) is 18.4 Å². The van der Waals surface area contributed by atoms with Crippen molar-refractivity contribution in [1.29, 1.82) is 0 Å². The van der Waals surface area contributed by atoms with Gasteiger partial charge in [0.25, 0.3) is 11.5 Å². The zero-order chi connectivity index (χ0) is 19.0. The second kappa shape index (κ2) is 7.24. The molecule has 27 heavy (non-hydrogen) atoms. The fourth-order valence-electron chi connectivity index (χ4n) is 4.33. The Morgan fingerprint density at radius 3 is 2.93 bits per heavy atom. The molecule has 1 fully saturated rings. The van der Waals surface area contributed by atoms with Gasteiger partial charge in [-0.1, -0.05) is 6.07 Å². The topological polar surface area (TPSA) is 105 Å². The molecule has 0 radical (unpaired) electrons. The minimum Gasteiger partial charge on any atom is -0.480 e. The number of nitrogens with one attached hydrogen (secondary N) is 1. The van der Waals surface area contributed by atoms with Gasteiger partial charge in [-0.15, -0.1) is 11.3 Å². The van der Waals surface area contributed by atoms with Crippen molar-refractivity contribution in [2.45, 2.75) is 18.4 Å². The molecular weight excluding hydrogens is 368 g/mol. The van der Waals surface area contributed by atoms with Crippen LogP contribution in [0.3, 0.4) is 0 Å². The van der Waals surface area contributed by atoms with Gasteiger partial charge in [0.1, 0.15) is 5.69 Å². The highest BCUT2D eigenvalue weighted by Crippen LogP contribution is 2.40. The molecule has 2 aromatic rings. The molecule has 2 aromatic heterocycles. The molecule has 0 aromatic carbocycles. The maximum atomic E-state index is 12.6. The van der Waals surface area contributed by atoms with Gasteiger partial charge in [0.2, 0.25) is 0 Å². The number of thiazole rings is 1. The van der Waals surface area contributed by atoms with Crippen LogP contribution in [0.1, 0.15) is 34.6 Å². The number of hydrogen-bond donors (Lipinski definition) is 2. The number of nitrogens with zero attached hydrogens (tertiary/aromatic N) is 3. The summed E-state index contributed by atoms with van der Waals surface area (Å²) in [5.74, 6) is -0.884. The second-order valence-electron chi connectivity index (χ2n) is 7.09. The lowest BCUT2D eigenvalue weighted by Crippen LogP contribution is -2.52. The molecule has 0 aliphatic carbocycles. The summed E-state index contributed by atoms with van der Waals surface area (Å²) in [5, 5.41) is 13.7. The summed E-state index contributed by atoms with van der Waals surface area (Å²) in [6.45, 7) is 1.53. The number of carboxylic acids is 1. The van der Waals surface area contributed by atoms with Crippen LogP contribution in [0.2, 0.25) is 0 Å². The number of pyridine rings is 1. The standard InChI is InChI=1S/C18H20N4O4S/c23-16-3-1-2-14-11-4-12(7-21(6-11)8-17(24)25)15(22(14)16)5-19-18(26)13-9-27-10-20-13/h1-3,9-12,15H,4-8H2,(H,19,26)(H,24,25)/t11-,12+,15+/m1/s1. The highest BCUT2D eigenvalue weighted by Gasteiger charge is 2.40. The smallest absolute Gasteiger partial charge is 0.317 e. The normalized spacial score (nSPS) is 24.2. The molecule has 3 atom stereocenters. The van der Waals surface area contributed by atoms with Gasteiger partial charge in [0.15, 0.2) is 0 Å². The summed E-state index contributed by atoms with van der Waals surface area (Å²) in [7, 11) is 0. The van der Waals surface area contributed by atoms with E-state index >= 15 is 0 Å². The summed E-state index contributed by atoms with van der Waals surface area (Å²) in [6, 6.07) is 5.01. The highest BCUT2D eigenvalue weighted by atomic mass is 32.1. The van der Waals surface area contributed by atoms with Gasteiger partial charge < -0.3 is 15.0 Å². The van der Waals surface area contributed by atoms with Crippen LogP contribution in [0.5, 0.6) is 0 Å². The number of piperidine rings is 1. The highest BCUT2D eigenvalue weighted by molar-refractivity contribution is 7.07. The van der Waals surface area contributed by atoms with Crippen molar-refractivity contribution in [3.05, 3.63) is 50.8 Å². The summed E-state index contributed by atoms with van der Waals surface area (Å²) >= 11 is 1.35. The Morgan fingerprint density at radius 1 is 1.33 bits per heavy atom. The average molecular weight is 388 g/mol. The lowest BCUT2D eigenvalue weighted by molar-refractivity contribution is -0.139. The number of carboxylic acid groups (broad SMARTS) is 1. The molecule has 2 bridgehead atoms. The van der Waals surface area contributed by atoms with Crippen LogP contribution in [-0.2, 0) is 4.79 Å². The molecule has 0 saturated carbocycles. The van der Waals surface area contributed by atoms with Gasteiger partial charge >= 0.3 is 5.97 Å².